The van der Waals surface area contributed by atoms with E-state index in [2.05, 4.69) is 28.7 Å². The summed E-state index contributed by atoms with van der Waals surface area (Å²) in [5.74, 6) is 1.09. The Bertz CT molecular complexity index is 2030. The van der Waals surface area contributed by atoms with Gasteiger partial charge in [0.25, 0.3) is 15.9 Å². The molecule has 0 bridgehead atoms. The number of carbonyl (C=O) groups is 1. The first-order chi connectivity index (χ1) is 23.3. The van der Waals surface area contributed by atoms with Crippen LogP contribution in [-0.2, 0) is 21.4 Å². The van der Waals surface area contributed by atoms with Crippen LogP contribution in [0.5, 0.6) is 28.7 Å². The molecule has 0 heterocycles. The Kier molecular flexibility index (Phi) is 10.7. The van der Waals surface area contributed by atoms with Crippen LogP contribution in [-0.4, -0.2) is 55.5 Å². The van der Waals surface area contributed by atoms with Gasteiger partial charge < -0.3 is 23.7 Å². The summed E-state index contributed by atoms with van der Waals surface area (Å²) in [6.45, 7) is -0.218. The van der Waals surface area contributed by atoms with E-state index in [9.17, 15) is 13.2 Å². The third kappa shape index (κ3) is 7.61. The van der Waals surface area contributed by atoms with Gasteiger partial charge in [0.2, 0.25) is 0 Å². The number of hydrogen-bond donors (Lipinski definition) is 1. The van der Waals surface area contributed by atoms with Gasteiger partial charge in [-0.25, -0.2) is 13.8 Å². The number of ether oxygens (including phenoxy) is 5. The molecular formula is C36H35N3O8S. The number of fused-ring (bicyclic) bond motifs is 1. The average molecular weight is 670 g/mol. The van der Waals surface area contributed by atoms with Crippen LogP contribution in [0.3, 0.4) is 0 Å². The van der Waals surface area contributed by atoms with Crippen LogP contribution >= 0.6 is 0 Å². The molecule has 0 unspecified atom stereocenters. The van der Waals surface area contributed by atoms with Gasteiger partial charge in [0, 0.05) is 12.1 Å². The molecule has 0 fully saturated rings. The number of nitrogens with one attached hydrogen (secondary N) is 1. The molecule has 0 atom stereocenters. The van der Waals surface area contributed by atoms with E-state index in [1.165, 1.54) is 58.9 Å². The third-order valence-corrected chi connectivity index (χ3v) is 9.20. The minimum Gasteiger partial charge on any atom is -0.497 e. The van der Waals surface area contributed by atoms with E-state index < -0.39 is 22.5 Å². The van der Waals surface area contributed by atoms with E-state index in [1.54, 1.807) is 36.4 Å². The zero-order valence-electron chi connectivity index (χ0n) is 26.9. The highest BCUT2D eigenvalue weighted by molar-refractivity contribution is 7.92. The van der Waals surface area contributed by atoms with Crippen LogP contribution in [0.1, 0.15) is 11.1 Å². The number of sulfonamides is 1. The predicted octanol–water partition coefficient (Wildman–Crippen LogP) is 5.80. The number of benzene rings is 5. The molecule has 11 nitrogen and oxygen atoms in total. The Hall–Kier alpha value is -5.75. The summed E-state index contributed by atoms with van der Waals surface area (Å²) in [5.41, 5.74) is 4.27. The second-order valence-corrected chi connectivity index (χ2v) is 12.2. The van der Waals surface area contributed by atoms with Gasteiger partial charge in [0.05, 0.1) is 45.2 Å². The van der Waals surface area contributed by atoms with Gasteiger partial charge in [-0.05, 0) is 70.4 Å². The lowest BCUT2D eigenvalue weighted by Gasteiger charge is -2.26. The molecule has 0 aliphatic carbocycles. The van der Waals surface area contributed by atoms with Gasteiger partial charge in [0.15, 0.2) is 11.5 Å². The normalized spacial score (nSPS) is 11.2. The second kappa shape index (κ2) is 15.2. The smallest absolute Gasteiger partial charge is 0.265 e. The molecule has 0 aliphatic rings. The Morgan fingerprint density at radius 2 is 1.44 bits per heavy atom. The fraction of sp³-hybridized carbons (Fsp3) is 0.167. The lowest BCUT2D eigenvalue weighted by Crippen LogP contribution is -2.39. The molecule has 0 aromatic heterocycles. The van der Waals surface area contributed by atoms with Crippen LogP contribution in [0.2, 0.25) is 0 Å². The summed E-state index contributed by atoms with van der Waals surface area (Å²) < 4.78 is 56.4. The Morgan fingerprint density at radius 1 is 0.750 bits per heavy atom. The first-order valence-electron chi connectivity index (χ1n) is 14.8. The zero-order valence-corrected chi connectivity index (χ0v) is 27.7. The maximum Gasteiger partial charge on any atom is 0.265 e. The monoisotopic (exact) mass is 669 g/mol. The summed E-state index contributed by atoms with van der Waals surface area (Å²) >= 11 is 0. The van der Waals surface area contributed by atoms with E-state index in [4.69, 9.17) is 23.7 Å². The standard InChI is InChI=1S/C36H35N3O8S/c1-43-29-16-18-33(44-2)32(20-29)39(48(41,42)30-17-19-34(45-3)35(21-30)46-4)23-36(40)38-37-22-25-12-14-28(15-13-25)47-24-27-10-7-9-26-8-5-6-11-31(26)27/h5-22H,23-24H2,1-4H3,(H,38,40)/b37-22-. The van der Waals surface area contributed by atoms with E-state index in [1.807, 2.05) is 24.3 Å². The molecular weight excluding hydrogens is 634 g/mol. The Morgan fingerprint density at radius 3 is 2.17 bits per heavy atom. The summed E-state index contributed by atoms with van der Waals surface area (Å²) in [7, 11) is 1.34. The van der Waals surface area contributed by atoms with Crippen molar-refractivity contribution < 1.29 is 36.9 Å². The van der Waals surface area contributed by atoms with Crippen molar-refractivity contribution in [3.63, 3.8) is 0 Å². The molecule has 248 valence electrons. The summed E-state index contributed by atoms with van der Waals surface area (Å²) in [4.78, 5) is 13.0. The molecule has 5 rings (SSSR count). The molecule has 0 spiro atoms. The van der Waals surface area contributed by atoms with E-state index >= 15 is 0 Å². The topological polar surface area (TPSA) is 125 Å². The SMILES string of the molecule is COc1ccc(OC)c(N(CC(=O)N/N=C\c2ccc(OCc3cccc4ccccc34)cc2)S(=O)(=O)c2ccc(OC)c(OC)c2)c1. The number of methoxy groups -OCH3 is 4. The second-order valence-electron chi connectivity index (χ2n) is 10.4. The molecule has 5 aromatic carbocycles. The molecule has 48 heavy (non-hydrogen) atoms. The van der Waals surface area contributed by atoms with Gasteiger partial charge in [-0.3, -0.25) is 9.10 Å². The van der Waals surface area contributed by atoms with Crippen LogP contribution < -0.4 is 33.4 Å². The highest BCUT2D eigenvalue weighted by Crippen LogP contribution is 2.37. The average Bonchev–Trinajstić information content (AvgIpc) is 3.12. The highest BCUT2D eigenvalue weighted by Gasteiger charge is 2.31. The maximum absolute atomic E-state index is 14.0. The summed E-state index contributed by atoms with van der Waals surface area (Å²) in [5, 5.41) is 6.34. The highest BCUT2D eigenvalue weighted by atomic mass is 32.2. The van der Waals surface area contributed by atoms with Crippen LogP contribution in [0.15, 0.2) is 113 Å². The molecule has 1 amide bonds. The molecule has 0 saturated carbocycles. The van der Waals surface area contributed by atoms with Crippen molar-refractivity contribution in [1.82, 2.24) is 5.43 Å². The van der Waals surface area contributed by atoms with E-state index in [0.29, 0.717) is 29.4 Å². The minimum atomic E-state index is -4.35. The van der Waals surface area contributed by atoms with Crippen LogP contribution in [0.25, 0.3) is 10.8 Å². The number of hydrazone groups is 1. The van der Waals surface area contributed by atoms with E-state index in [0.717, 1.165) is 20.6 Å². The fourth-order valence-electron chi connectivity index (χ4n) is 4.97. The number of amides is 1. The van der Waals surface area contributed by atoms with E-state index in [-0.39, 0.29) is 22.1 Å². The zero-order chi connectivity index (χ0) is 34.1. The lowest BCUT2D eigenvalue weighted by atomic mass is 10.1. The minimum absolute atomic E-state index is 0.0878. The molecule has 0 aliphatic heterocycles. The van der Waals surface area contributed by atoms with Gasteiger partial charge in [-0.15, -0.1) is 0 Å². The largest absolute Gasteiger partial charge is 0.497 e. The third-order valence-electron chi connectivity index (χ3n) is 7.44. The fourth-order valence-corrected chi connectivity index (χ4v) is 6.41. The van der Waals surface area contributed by atoms with Crippen molar-refractivity contribution >= 4 is 38.6 Å². The number of anilines is 1. The van der Waals surface area contributed by atoms with Crippen LogP contribution in [0, 0.1) is 0 Å². The van der Waals surface area contributed by atoms with Crippen molar-refractivity contribution in [1.29, 1.82) is 0 Å². The van der Waals surface area contributed by atoms with Crippen molar-refractivity contribution in [2.75, 3.05) is 39.3 Å². The molecule has 1 N–H and O–H groups in total. The summed E-state index contributed by atoms with van der Waals surface area (Å²) in [6.07, 6.45) is 1.45. The number of nitrogens with zero attached hydrogens (tertiary/aromatic N) is 2. The quantitative estimate of drug-likeness (QED) is 0.116. The predicted molar refractivity (Wildman–Crippen MR) is 184 cm³/mol. The van der Waals surface area contributed by atoms with Crippen molar-refractivity contribution in [3.8, 4) is 28.7 Å². The Balaban J connectivity index is 1.31. The van der Waals surface area contributed by atoms with Crippen LogP contribution in [0.4, 0.5) is 5.69 Å². The number of hydrogen-bond acceptors (Lipinski definition) is 9. The van der Waals surface area contributed by atoms with Gasteiger partial charge >= 0.3 is 0 Å². The number of rotatable bonds is 14. The van der Waals surface area contributed by atoms with Crippen molar-refractivity contribution in [3.05, 3.63) is 114 Å². The summed E-state index contributed by atoms with van der Waals surface area (Å²) in [6, 6.07) is 30.2. The molecule has 5 aromatic rings. The first-order valence-corrected chi connectivity index (χ1v) is 16.2. The molecule has 0 radical (unpaired) electrons. The van der Waals surface area contributed by atoms with Gasteiger partial charge in [0.1, 0.15) is 30.4 Å². The maximum atomic E-state index is 14.0. The van der Waals surface area contributed by atoms with Gasteiger partial charge in [-0.2, -0.15) is 5.10 Å². The Labute approximate surface area is 279 Å². The van der Waals surface area contributed by atoms with Crippen molar-refractivity contribution in [2.45, 2.75) is 11.5 Å². The first kappa shape index (κ1) is 33.6. The molecule has 0 saturated heterocycles. The van der Waals surface area contributed by atoms with Gasteiger partial charge in [-0.1, -0.05) is 42.5 Å². The lowest BCUT2D eigenvalue weighted by molar-refractivity contribution is -0.119. The number of carbonyl (C=O) groups excluding carboxylic acids is 1. The van der Waals surface area contributed by atoms with Crippen molar-refractivity contribution in [2.24, 2.45) is 5.10 Å². The molecule has 12 heteroatoms.